The van der Waals surface area contributed by atoms with Crippen molar-refractivity contribution in [3.05, 3.63) is 42.7 Å². The average Bonchev–Trinajstić information content (AvgIpc) is 2.82. The van der Waals surface area contributed by atoms with E-state index in [0.717, 1.165) is 22.3 Å². The summed E-state index contributed by atoms with van der Waals surface area (Å²) in [7, 11) is 0. The number of rotatable bonds is 1. The van der Waals surface area contributed by atoms with Gasteiger partial charge in [-0.15, -0.1) is 0 Å². The van der Waals surface area contributed by atoms with E-state index in [1.165, 1.54) is 4.09 Å². The van der Waals surface area contributed by atoms with Gasteiger partial charge in [-0.1, -0.05) is 18.2 Å². The van der Waals surface area contributed by atoms with Gasteiger partial charge in [0.05, 0.1) is 11.8 Å². The maximum atomic E-state index is 5.68. The van der Waals surface area contributed by atoms with E-state index in [0.29, 0.717) is 0 Å². The van der Waals surface area contributed by atoms with Gasteiger partial charge in [0, 0.05) is 11.6 Å². The van der Waals surface area contributed by atoms with Crippen LogP contribution in [-0.4, -0.2) is 9.19 Å². The van der Waals surface area contributed by atoms with Crippen LogP contribution in [0.15, 0.2) is 47.1 Å². The molecule has 0 fully saturated rings. The number of hydrogen-bond donors (Lipinski definition) is 1. The summed E-state index contributed by atoms with van der Waals surface area (Å²) in [6.45, 7) is 0. The zero-order chi connectivity index (χ0) is 10.3. The number of benzene rings is 1. The molecule has 0 aliphatic heterocycles. The maximum absolute atomic E-state index is 5.68. The van der Waals surface area contributed by atoms with Gasteiger partial charge >= 0.3 is 0 Å². The van der Waals surface area contributed by atoms with Gasteiger partial charge in [-0.05, 0) is 24.9 Å². The fourth-order valence-corrected chi connectivity index (χ4v) is 1.74. The fourth-order valence-electron chi connectivity index (χ4n) is 1.56. The first-order valence-corrected chi connectivity index (χ1v) is 4.96. The lowest BCUT2D eigenvalue weighted by molar-refractivity contribution is 0.631. The molecule has 74 valence electrons. The van der Waals surface area contributed by atoms with E-state index in [-0.39, 0.29) is 0 Å². The van der Waals surface area contributed by atoms with E-state index in [1.54, 1.807) is 12.4 Å². The van der Waals surface area contributed by atoms with Crippen molar-refractivity contribution in [2.75, 3.05) is 0 Å². The maximum Gasteiger partial charge on any atom is 0.138 e. The van der Waals surface area contributed by atoms with Crippen molar-refractivity contribution in [1.82, 2.24) is 9.19 Å². The topological polar surface area (TPSA) is 31.0 Å². The fraction of sp³-hybridized carbons (Fsp3) is 0. The minimum absolute atomic E-state index is 0.816. The van der Waals surface area contributed by atoms with Crippen LogP contribution in [0.25, 0.3) is 22.3 Å². The Morgan fingerprint density at radius 1 is 1.27 bits per heavy atom. The first-order valence-electron chi connectivity index (χ1n) is 4.56. The Balaban J connectivity index is 2.19. The molecule has 4 heteroatoms. The number of para-hydroxylation sites is 1. The molecule has 0 unspecified atom stereocenters. The molecule has 0 radical (unpaired) electrons. The molecular weight excluding hydrogens is 208 g/mol. The third-order valence-electron chi connectivity index (χ3n) is 2.28. The van der Waals surface area contributed by atoms with Crippen molar-refractivity contribution in [2.24, 2.45) is 0 Å². The lowest BCUT2D eigenvalue weighted by Crippen LogP contribution is -1.74. The monoisotopic (exact) mass is 216 g/mol. The smallest absolute Gasteiger partial charge is 0.138 e. The van der Waals surface area contributed by atoms with Crippen molar-refractivity contribution in [3.8, 4) is 11.3 Å². The Labute approximate surface area is 91.9 Å². The van der Waals surface area contributed by atoms with Gasteiger partial charge in [0.2, 0.25) is 0 Å². The van der Waals surface area contributed by atoms with Crippen molar-refractivity contribution in [1.29, 1.82) is 0 Å². The molecular formula is C11H8N2OS. The van der Waals surface area contributed by atoms with Gasteiger partial charge in [0.1, 0.15) is 11.3 Å². The minimum Gasteiger partial charge on any atom is -0.456 e. The molecule has 3 rings (SSSR count). The third-order valence-corrected chi connectivity index (χ3v) is 2.50. The summed E-state index contributed by atoms with van der Waals surface area (Å²) in [6.07, 6.45) is 3.53. The summed E-state index contributed by atoms with van der Waals surface area (Å²) < 4.78 is 7.14. The lowest BCUT2D eigenvalue weighted by Gasteiger charge is -1.86. The van der Waals surface area contributed by atoms with Crippen LogP contribution in [0.4, 0.5) is 0 Å². The van der Waals surface area contributed by atoms with Crippen LogP contribution in [0.2, 0.25) is 0 Å². The van der Waals surface area contributed by atoms with Gasteiger partial charge in [-0.25, -0.2) is 4.09 Å². The predicted octanol–water partition coefficient (Wildman–Crippen LogP) is 2.99. The van der Waals surface area contributed by atoms with Crippen LogP contribution in [0.1, 0.15) is 0 Å². The molecule has 2 heterocycles. The second kappa shape index (κ2) is 3.17. The Morgan fingerprint density at radius 2 is 2.13 bits per heavy atom. The Morgan fingerprint density at radius 3 is 2.87 bits per heavy atom. The lowest BCUT2D eigenvalue weighted by atomic mass is 10.2. The van der Waals surface area contributed by atoms with E-state index >= 15 is 0 Å². The normalized spacial score (nSPS) is 11.0. The second-order valence-electron chi connectivity index (χ2n) is 3.30. The number of aromatic nitrogens is 2. The van der Waals surface area contributed by atoms with Gasteiger partial charge in [-0.3, -0.25) is 0 Å². The Hall–Kier alpha value is -1.68. The first-order chi connectivity index (χ1) is 7.33. The van der Waals surface area contributed by atoms with Crippen molar-refractivity contribution in [3.63, 3.8) is 0 Å². The van der Waals surface area contributed by atoms with E-state index in [9.17, 15) is 0 Å². The highest BCUT2D eigenvalue weighted by atomic mass is 32.1. The first kappa shape index (κ1) is 8.61. The molecule has 0 atom stereocenters. The number of thiol groups is 1. The number of fused-ring (bicyclic) bond motifs is 1. The van der Waals surface area contributed by atoms with Gasteiger partial charge in [0.25, 0.3) is 0 Å². The summed E-state index contributed by atoms with van der Waals surface area (Å²) in [5.41, 5.74) is 1.82. The summed E-state index contributed by atoms with van der Waals surface area (Å²) in [5, 5.41) is 5.08. The molecule has 3 nitrogen and oxygen atoms in total. The van der Waals surface area contributed by atoms with Crippen molar-refractivity contribution < 1.29 is 4.42 Å². The van der Waals surface area contributed by atoms with Crippen LogP contribution >= 0.6 is 12.8 Å². The van der Waals surface area contributed by atoms with Crippen LogP contribution in [0, 0.1) is 0 Å². The molecule has 0 saturated heterocycles. The molecule has 0 N–H and O–H groups in total. The zero-order valence-electron chi connectivity index (χ0n) is 7.79. The van der Waals surface area contributed by atoms with E-state index in [2.05, 4.69) is 17.9 Å². The molecule has 3 aromatic rings. The van der Waals surface area contributed by atoms with E-state index in [1.807, 2.05) is 30.3 Å². The van der Waals surface area contributed by atoms with E-state index < -0.39 is 0 Å². The van der Waals surface area contributed by atoms with Crippen LogP contribution in [0.3, 0.4) is 0 Å². The Bertz CT molecular complexity index is 579. The predicted molar refractivity (Wildman–Crippen MR) is 61.8 cm³/mol. The number of furan rings is 1. The highest BCUT2D eigenvalue weighted by Crippen LogP contribution is 2.27. The molecule has 2 aromatic heterocycles. The average molecular weight is 216 g/mol. The van der Waals surface area contributed by atoms with Gasteiger partial charge < -0.3 is 4.42 Å². The number of hydrogen-bond acceptors (Lipinski definition) is 3. The van der Waals surface area contributed by atoms with Crippen LogP contribution in [0.5, 0.6) is 0 Å². The third kappa shape index (κ3) is 1.43. The molecule has 0 aliphatic carbocycles. The zero-order valence-corrected chi connectivity index (χ0v) is 8.69. The van der Waals surface area contributed by atoms with Crippen LogP contribution < -0.4 is 0 Å². The molecule has 0 saturated carbocycles. The highest BCUT2D eigenvalue weighted by Gasteiger charge is 2.06. The van der Waals surface area contributed by atoms with Gasteiger partial charge in [0.15, 0.2) is 0 Å². The molecule has 0 spiro atoms. The summed E-state index contributed by atoms with van der Waals surface area (Å²) >= 11 is 4.08. The molecule has 1 aromatic carbocycles. The SMILES string of the molecule is Sn1cc(-c2cc3ccccc3o2)cn1. The Kier molecular flexibility index (Phi) is 1.82. The standard InChI is InChI=1S/C11H8N2OS/c15-13-7-9(6-12-13)11-5-8-3-1-2-4-10(8)14-11/h1-7,15H. The van der Waals surface area contributed by atoms with Crippen molar-refractivity contribution in [2.45, 2.75) is 0 Å². The molecule has 0 aliphatic rings. The quantitative estimate of drug-likeness (QED) is 0.634. The largest absolute Gasteiger partial charge is 0.456 e. The summed E-state index contributed by atoms with van der Waals surface area (Å²) in [6, 6.07) is 9.92. The van der Waals surface area contributed by atoms with Gasteiger partial charge in [-0.2, -0.15) is 5.10 Å². The molecule has 15 heavy (non-hydrogen) atoms. The minimum atomic E-state index is 0.816. The highest BCUT2D eigenvalue weighted by molar-refractivity contribution is 7.78. The molecule has 0 amide bonds. The van der Waals surface area contributed by atoms with Crippen LogP contribution in [-0.2, 0) is 0 Å². The second-order valence-corrected chi connectivity index (χ2v) is 3.71. The number of nitrogens with zero attached hydrogens (tertiary/aromatic N) is 2. The summed E-state index contributed by atoms with van der Waals surface area (Å²) in [5.74, 6) is 0.816. The summed E-state index contributed by atoms with van der Waals surface area (Å²) in [4.78, 5) is 0. The molecule has 0 bridgehead atoms. The van der Waals surface area contributed by atoms with E-state index in [4.69, 9.17) is 4.42 Å². The van der Waals surface area contributed by atoms with Crippen molar-refractivity contribution >= 4 is 23.8 Å².